The van der Waals surface area contributed by atoms with Crippen molar-refractivity contribution in [3.63, 3.8) is 0 Å². The monoisotopic (exact) mass is 496 g/mol. The lowest BCUT2D eigenvalue weighted by atomic mass is 10.3. The summed E-state index contributed by atoms with van der Waals surface area (Å²) in [5, 5.41) is 2.62. The molecule has 1 heterocycles. The minimum Gasteiger partial charge on any atom is -0.455 e. The van der Waals surface area contributed by atoms with Crippen LogP contribution in [-0.2, 0) is 25.6 Å². The Morgan fingerprint density at radius 2 is 1.32 bits per heavy atom. The lowest BCUT2D eigenvalue weighted by Gasteiger charge is -2.10. The van der Waals surface area contributed by atoms with Gasteiger partial charge < -0.3 is 9.73 Å². The summed E-state index contributed by atoms with van der Waals surface area (Å²) in [6.07, 6.45) is 0. The van der Waals surface area contributed by atoms with Crippen LogP contribution >= 0.6 is 0 Å². The Bertz CT molecular complexity index is 1510. The zero-order chi connectivity index (χ0) is 24.2. The number of hydrogen-bond acceptors (Lipinski definition) is 6. The van der Waals surface area contributed by atoms with E-state index in [0.717, 1.165) is 0 Å². The van der Waals surface area contributed by atoms with E-state index >= 15 is 0 Å². The van der Waals surface area contributed by atoms with Crippen molar-refractivity contribution < 1.29 is 26.0 Å². The van der Waals surface area contributed by atoms with Gasteiger partial charge in [0, 0.05) is 5.69 Å². The van der Waals surface area contributed by atoms with Crippen molar-refractivity contribution in [3.8, 4) is 0 Å². The zero-order valence-electron chi connectivity index (χ0n) is 17.7. The van der Waals surface area contributed by atoms with Crippen LogP contribution in [0.3, 0.4) is 0 Å². The fourth-order valence-electron chi connectivity index (χ4n) is 3.14. The average molecular weight is 497 g/mol. The van der Waals surface area contributed by atoms with Crippen molar-refractivity contribution in [3.05, 3.63) is 109 Å². The molecule has 4 rings (SSSR count). The smallest absolute Gasteiger partial charge is 0.291 e. The van der Waals surface area contributed by atoms with Crippen LogP contribution in [-0.4, -0.2) is 22.7 Å². The highest BCUT2D eigenvalue weighted by Crippen LogP contribution is 2.22. The van der Waals surface area contributed by atoms with Crippen LogP contribution in [0.5, 0.6) is 0 Å². The van der Waals surface area contributed by atoms with Crippen molar-refractivity contribution in [1.29, 1.82) is 0 Å². The molecule has 0 aliphatic heterocycles. The van der Waals surface area contributed by atoms with E-state index < -0.39 is 25.8 Å². The quantitative estimate of drug-likeness (QED) is 0.375. The number of furan rings is 1. The van der Waals surface area contributed by atoms with Gasteiger partial charge in [-0.1, -0.05) is 42.5 Å². The molecule has 0 atom stereocenters. The largest absolute Gasteiger partial charge is 0.455 e. The molecule has 0 aliphatic rings. The van der Waals surface area contributed by atoms with Gasteiger partial charge in [-0.3, -0.25) is 9.52 Å². The second-order valence-corrected chi connectivity index (χ2v) is 11.0. The van der Waals surface area contributed by atoms with E-state index in [4.69, 9.17) is 4.42 Å². The van der Waals surface area contributed by atoms with Gasteiger partial charge in [0.05, 0.1) is 15.5 Å². The van der Waals surface area contributed by atoms with Crippen LogP contribution in [0.25, 0.3) is 0 Å². The lowest BCUT2D eigenvalue weighted by Crippen LogP contribution is -2.14. The maximum atomic E-state index is 12.6. The molecule has 0 bridgehead atoms. The normalized spacial score (nSPS) is 11.6. The van der Waals surface area contributed by atoms with E-state index in [2.05, 4.69) is 10.0 Å². The van der Waals surface area contributed by atoms with Crippen molar-refractivity contribution in [1.82, 2.24) is 0 Å². The Morgan fingerprint density at radius 1 is 0.706 bits per heavy atom. The van der Waals surface area contributed by atoms with Crippen molar-refractivity contribution in [2.45, 2.75) is 15.5 Å². The molecule has 0 radical (unpaired) electrons. The molecular formula is C24H20N2O6S2. The first kappa shape index (κ1) is 23.3. The summed E-state index contributed by atoms with van der Waals surface area (Å²) in [5.74, 6) is -0.945. The molecular weight excluding hydrogens is 476 g/mol. The van der Waals surface area contributed by atoms with Gasteiger partial charge in [0.2, 0.25) is 0 Å². The predicted octanol–water partition coefficient (Wildman–Crippen LogP) is 4.31. The van der Waals surface area contributed by atoms with Crippen LogP contribution in [0, 0.1) is 0 Å². The molecule has 0 spiro atoms. The van der Waals surface area contributed by atoms with Gasteiger partial charge in [0.1, 0.15) is 11.5 Å². The molecule has 0 saturated carbocycles. The van der Waals surface area contributed by atoms with Crippen LogP contribution in [0.1, 0.15) is 16.3 Å². The van der Waals surface area contributed by atoms with E-state index in [-0.39, 0.29) is 32.8 Å². The molecule has 0 aliphatic carbocycles. The molecule has 1 aromatic heterocycles. The summed E-state index contributed by atoms with van der Waals surface area (Å²) < 4.78 is 58.0. The zero-order valence-corrected chi connectivity index (χ0v) is 19.3. The van der Waals surface area contributed by atoms with Gasteiger partial charge >= 0.3 is 0 Å². The van der Waals surface area contributed by atoms with Crippen LogP contribution in [0.2, 0.25) is 0 Å². The minimum atomic E-state index is -3.79. The molecule has 34 heavy (non-hydrogen) atoms. The van der Waals surface area contributed by atoms with E-state index in [9.17, 15) is 21.6 Å². The van der Waals surface area contributed by atoms with Crippen molar-refractivity contribution in [2.24, 2.45) is 0 Å². The van der Waals surface area contributed by atoms with Crippen LogP contribution < -0.4 is 10.0 Å². The summed E-state index contributed by atoms with van der Waals surface area (Å²) in [5.41, 5.74) is 0.587. The Hall–Kier alpha value is -3.89. The number of carbonyl (C=O) groups excluding carboxylic acids is 1. The number of nitrogens with one attached hydrogen (secondary N) is 2. The van der Waals surface area contributed by atoms with Gasteiger partial charge in [-0.05, 0) is 54.6 Å². The highest BCUT2D eigenvalue weighted by molar-refractivity contribution is 7.92. The average Bonchev–Trinajstić information content (AvgIpc) is 3.28. The first-order valence-corrected chi connectivity index (χ1v) is 13.2. The van der Waals surface area contributed by atoms with E-state index in [0.29, 0.717) is 5.69 Å². The Kier molecular flexibility index (Phi) is 6.53. The number of amides is 1. The van der Waals surface area contributed by atoms with Crippen molar-refractivity contribution >= 4 is 37.1 Å². The maximum Gasteiger partial charge on any atom is 0.291 e. The Labute approximate surface area is 197 Å². The summed E-state index contributed by atoms with van der Waals surface area (Å²) in [6, 6.07) is 24.8. The molecule has 10 heteroatoms. The van der Waals surface area contributed by atoms with Crippen LogP contribution in [0.15, 0.2) is 111 Å². The first-order chi connectivity index (χ1) is 16.2. The van der Waals surface area contributed by atoms with Gasteiger partial charge in [-0.25, -0.2) is 16.8 Å². The van der Waals surface area contributed by atoms with Gasteiger partial charge in [-0.15, -0.1) is 0 Å². The molecule has 3 aromatic carbocycles. The third-order valence-electron chi connectivity index (χ3n) is 4.75. The molecule has 4 aromatic rings. The van der Waals surface area contributed by atoms with Gasteiger partial charge in [0.15, 0.2) is 15.6 Å². The third-order valence-corrected chi connectivity index (χ3v) is 7.80. The molecule has 8 nitrogen and oxygen atoms in total. The number of sulfonamides is 1. The lowest BCUT2D eigenvalue weighted by molar-refractivity contribution is 0.0995. The van der Waals surface area contributed by atoms with Gasteiger partial charge in [-0.2, -0.15) is 0 Å². The highest BCUT2D eigenvalue weighted by atomic mass is 32.2. The minimum absolute atomic E-state index is 0.0754. The topological polar surface area (TPSA) is 123 Å². The standard InChI is InChI=1S/C24H20N2O6S2/c27-24(23-15-14-20(32-23)17-33(28,29)21-10-3-1-4-11-21)25-18-8-7-9-19(16-18)26-34(30,31)22-12-5-2-6-13-22/h1-16,26H,17H2,(H,25,27). The molecule has 2 N–H and O–H groups in total. The summed E-state index contributed by atoms with van der Waals surface area (Å²) in [4.78, 5) is 12.9. The fraction of sp³-hybridized carbons (Fsp3) is 0.0417. The number of anilines is 2. The summed E-state index contributed by atoms with van der Waals surface area (Å²) in [6.45, 7) is 0. The number of carbonyl (C=O) groups is 1. The number of rotatable bonds is 8. The summed E-state index contributed by atoms with van der Waals surface area (Å²) >= 11 is 0. The predicted molar refractivity (Wildman–Crippen MR) is 128 cm³/mol. The van der Waals surface area contributed by atoms with E-state index in [1.165, 1.54) is 42.5 Å². The second kappa shape index (κ2) is 9.54. The number of benzene rings is 3. The first-order valence-electron chi connectivity index (χ1n) is 10.1. The number of sulfone groups is 1. The Balaban J connectivity index is 1.44. The summed E-state index contributed by atoms with van der Waals surface area (Å²) in [7, 11) is -7.41. The van der Waals surface area contributed by atoms with E-state index in [1.807, 2.05) is 0 Å². The SMILES string of the molecule is O=C(Nc1cccc(NS(=O)(=O)c2ccccc2)c1)c1ccc(CS(=O)(=O)c2ccccc2)o1. The Morgan fingerprint density at radius 3 is 2.00 bits per heavy atom. The molecule has 174 valence electrons. The second-order valence-electron chi connectivity index (χ2n) is 7.29. The molecule has 1 amide bonds. The van der Waals surface area contributed by atoms with E-state index in [1.54, 1.807) is 54.6 Å². The third kappa shape index (κ3) is 5.53. The number of hydrogen-bond donors (Lipinski definition) is 2. The maximum absolute atomic E-state index is 12.6. The molecule has 0 saturated heterocycles. The molecule has 0 unspecified atom stereocenters. The van der Waals surface area contributed by atoms with Gasteiger partial charge in [0.25, 0.3) is 15.9 Å². The highest BCUT2D eigenvalue weighted by Gasteiger charge is 2.19. The molecule has 0 fully saturated rings. The van der Waals surface area contributed by atoms with Crippen molar-refractivity contribution in [2.75, 3.05) is 10.0 Å². The fourth-order valence-corrected chi connectivity index (χ4v) is 5.48. The van der Waals surface area contributed by atoms with Crippen LogP contribution in [0.4, 0.5) is 11.4 Å².